The summed E-state index contributed by atoms with van der Waals surface area (Å²) in [5, 5.41) is 3.16. The summed E-state index contributed by atoms with van der Waals surface area (Å²) in [6, 6.07) is 10.0. The number of nitrogens with one attached hydrogen (secondary N) is 1. The largest absolute Gasteiger partial charge is 0.352 e. The molecule has 0 bridgehead atoms. The molecule has 2 amide bonds. The molecule has 1 heterocycles. The fourth-order valence-electron chi connectivity index (χ4n) is 3.98. The Morgan fingerprint density at radius 1 is 1.00 bits per heavy atom. The Labute approximate surface area is 193 Å². The molecule has 2 rings (SSSR count). The fourth-order valence-corrected chi connectivity index (χ4v) is 3.98. The topological polar surface area (TPSA) is 49.4 Å². The number of piperidine rings is 1. The van der Waals surface area contributed by atoms with Gasteiger partial charge in [0.05, 0.1) is 5.41 Å². The van der Waals surface area contributed by atoms with Crippen molar-refractivity contribution in [1.82, 2.24) is 10.2 Å². The van der Waals surface area contributed by atoms with Crippen LogP contribution in [0.4, 0.5) is 0 Å². The Hall–Kier alpha value is -2.88. The molecule has 172 valence electrons. The van der Waals surface area contributed by atoms with E-state index in [0.717, 1.165) is 24.8 Å². The molecule has 1 aliphatic rings. The van der Waals surface area contributed by atoms with Crippen molar-refractivity contribution in [3.05, 3.63) is 84.5 Å². The second-order valence-electron chi connectivity index (χ2n) is 8.29. The minimum atomic E-state index is -0.425. The molecule has 0 saturated carbocycles. The van der Waals surface area contributed by atoms with E-state index in [4.69, 9.17) is 0 Å². The lowest BCUT2D eigenvalue weighted by Crippen LogP contribution is -2.50. The lowest BCUT2D eigenvalue weighted by Gasteiger charge is -2.40. The SMILES string of the molecule is C/C=C\C=C/CC(=O)N1CCC(CC/C=C\C=C/CC)(C(=O)NCc2ccccc2)CC1. The van der Waals surface area contributed by atoms with Crippen LogP contribution in [0.3, 0.4) is 0 Å². The third-order valence-electron chi connectivity index (χ3n) is 5.99. The highest BCUT2D eigenvalue weighted by molar-refractivity contribution is 5.83. The Morgan fingerprint density at radius 3 is 2.38 bits per heavy atom. The zero-order chi connectivity index (χ0) is 23.1. The van der Waals surface area contributed by atoms with E-state index in [1.54, 1.807) is 0 Å². The van der Waals surface area contributed by atoms with Gasteiger partial charge in [0.15, 0.2) is 0 Å². The van der Waals surface area contributed by atoms with Crippen LogP contribution < -0.4 is 5.32 Å². The summed E-state index contributed by atoms with van der Waals surface area (Å²) < 4.78 is 0. The maximum Gasteiger partial charge on any atom is 0.226 e. The Balaban J connectivity index is 1.99. The zero-order valence-corrected chi connectivity index (χ0v) is 19.6. The van der Waals surface area contributed by atoms with E-state index in [-0.39, 0.29) is 11.8 Å². The lowest BCUT2D eigenvalue weighted by molar-refractivity contribution is -0.140. The van der Waals surface area contributed by atoms with Crippen molar-refractivity contribution in [3.63, 3.8) is 0 Å². The molecule has 0 aromatic heterocycles. The lowest BCUT2D eigenvalue weighted by atomic mass is 9.73. The van der Waals surface area contributed by atoms with E-state index in [1.165, 1.54) is 0 Å². The van der Waals surface area contributed by atoms with Gasteiger partial charge in [0.2, 0.25) is 11.8 Å². The summed E-state index contributed by atoms with van der Waals surface area (Å²) in [4.78, 5) is 27.8. The van der Waals surface area contributed by atoms with Crippen LogP contribution in [0.25, 0.3) is 0 Å². The van der Waals surface area contributed by atoms with Crippen LogP contribution in [0, 0.1) is 5.41 Å². The minimum Gasteiger partial charge on any atom is -0.352 e. The molecule has 0 radical (unpaired) electrons. The van der Waals surface area contributed by atoms with E-state index >= 15 is 0 Å². The molecule has 32 heavy (non-hydrogen) atoms. The monoisotopic (exact) mass is 434 g/mol. The van der Waals surface area contributed by atoms with Gasteiger partial charge in [0, 0.05) is 26.1 Å². The Bertz CT molecular complexity index is 813. The number of carbonyl (C=O) groups is 2. The van der Waals surface area contributed by atoms with E-state index in [1.807, 2.05) is 66.5 Å². The van der Waals surface area contributed by atoms with Gasteiger partial charge >= 0.3 is 0 Å². The number of rotatable bonds is 11. The van der Waals surface area contributed by atoms with Crippen LogP contribution in [-0.2, 0) is 16.1 Å². The van der Waals surface area contributed by atoms with Crippen molar-refractivity contribution in [3.8, 4) is 0 Å². The van der Waals surface area contributed by atoms with Crippen LogP contribution in [0.15, 0.2) is 78.9 Å². The first kappa shape index (κ1) is 25.4. The summed E-state index contributed by atoms with van der Waals surface area (Å²) in [5.41, 5.74) is 0.673. The summed E-state index contributed by atoms with van der Waals surface area (Å²) in [6.07, 6.45) is 20.5. The molecule has 0 atom stereocenters. The van der Waals surface area contributed by atoms with Gasteiger partial charge in [-0.2, -0.15) is 0 Å². The van der Waals surface area contributed by atoms with Crippen LogP contribution >= 0.6 is 0 Å². The molecule has 1 aliphatic heterocycles. The van der Waals surface area contributed by atoms with E-state index in [0.29, 0.717) is 38.9 Å². The predicted molar refractivity (Wildman–Crippen MR) is 133 cm³/mol. The number of allylic oxidation sites excluding steroid dienone is 7. The van der Waals surface area contributed by atoms with Crippen LogP contribution in [0.1, 0.15) is 57.9 Å². The van der Waals surface area contributed by atoms with Crippen molar-refractivity contribution in [2.75, 3.05) is 13.1 Å². The van der Waals surface area contributed by atoms with Gasteiger partial charge in [0.1, 0.15) is 0 Å². The summed E-state index contributed by atoms with van der Waals surface area (Å²) in [5.74, 6) is 0.243. The molecule has 1 fully saturated rings. The molecular formula is C28H38N2O2. The van der Waals surface area contributed by atoms with Crippen molar-refractivity contribution in [2.24, 2.45) is 5.41 Å². The molecular weight excluding hydrogens is 396 g/mol. The molecule has 0 unspecified atom stereocenters. The minimum absolute atomic E-state index is 0.110. The van der Waals surface area contributed by atoms with Gasteiger partial charge in [-0.15, -0.1) is 0 Å². The molecule has 4 heteroatoms. The fraction of sp³-hybridized carbons (Fsp3) is 0.429. The van der Waals surface area contributed by atoms with E-state index < -0.39 is 5.41 Å². The smallest absolute Gasteiger partial charge is 0.226 e. The van der Waals surface area contributed by atoms with Crippen molar-refractivity contribution >= 4 is 11.8 Å². The summed E-state index contributed by atoms with van der Waals surface area (Å²) >= 11 is 0. The van der Waals surface area contributed by atoms with Gasteiger partial charge in [-0.3, -0.25) is 9.59 Å². The van der Waals surface area contributed by atoms with Gasteiger partial charge in [-0.1, -0.05) is 85.9 Å². The van der Waals surface area contributed by atoms with Gasteiger partial charge in [-0.05, 0) is 44.6 Å². The molecule has 4 nitrogen and oxygen atoms in total. The maximum absolute atomic E-state index is 13.3. The second kappa shape index (κ2) is 14.2. The molecule has 1 aromatic rings. The average molecular weight is 435 g/mol. The highest BCUT2D eigenvalue weighted by Crippen LogP contribution is 2.37. The van der Waals surface area contributed by atoms with Crippen LogP contribution in [-0.4, -0.2) is 29.8 Å². The normalized spacial score (nSPS) is 16.5. The molecule has 0 aliphatic carbocycles. The number of hydrogen-bond acceptors (Lipinski definition) is 2. The summed E-state index contributed by atoms with van der Waals surface area (Å²) in [6.45, 7) is 5.87. The van der Waals surface area contributed by atoms with E-state index in [9.17, 15) is 9.59 Å². The molecule has 0 spiro atoms. The quantitative estimate of drug-likeness (QED) is 0.452. The maximum atomic E-state index is 13.3. The second-order valence-corrected chi connectivity index (χ2v) is 8.29. The number of carbonyl (C=O) groups excluding carboxylic acids is 2. The van der Waals surface area contributed by atoms with Crippen molar-refractivity contribution < 1.29 is 9.59 Å². The number of hydrogen-bond donors (Lipinski definition) is 1. The molecule has 1 saturated heterocycles. The highest BCUT2D eigenvalue weighted by atomic mass is 16.2. The van der Waals surface area contributed by atoms with Crippen molar-refractivity contribution in [1.29, 1.82) is 0 Å². The first-order valence-corrected chi connectivity index (χ1v) is 11.8. The highest BCUT2D eigenvalue weighted by Gasteiger charge is 2.41. The predicted octanol–water partition coefficient (Wildman–Crippen LogP) is 5.74. The number of amides is 2. The van der Waals surface area contributed by atoms with Crippen LogP contribution in [0.5, 0.6) is 0 Å². The van der Waals surface area contributed by atoms with Gasteiger partial charge in [-0.25, -0.2) is 0 Å². The van der Waals surface area contributed by atoms with Crippen LogP contribution in [0.2, 0.25) is 0 Å². The zero-order valence-electron chi connectivity index (χ0n) is 19.6. The third kappa shape index (κ3) is 8.33. The summed E-state index contributed by atoms with van der Waals surface area (Å²) in [7, 11) is 0. The standard InChI is InChI=1S/C28H38N2O2/c1-3-5-7-9-10-15-19-28(27(32)29-24-25-16-12-11-13-17-25)20-22-30(23-21-28)26(31)18-14-8-6-4-2/h4-14,16-17H,3,15,18-24H2,1-2H3,(H,29,32)/b6-4-,7-5-,10-9-,14-8-. The van der Waals surface area contributed by atoms with Crippen molar-refractivity contribution in [2.45, 2.75) is 58.9 Å². The average Bonchev–Trinajstić information content (AvgIpc) is 2.83. The first-order valence-electron chi connectivity index (χ1n) is 11.8. The third-order valence-corrected chi connectivity index (χ3v) is 5.99. The van der Waals surface area contributed by atoms with Gasteiger partial charge in [0.25, 0.3) is 0 Å². The molecule has 1 aromatic carbocycles. The van der Waals surface area contributed by atoms with E-state index in [2.05, 4.69) is 36.5 Å². The first-order chi connectivity index (χ1) is 15.6. The Morgan fingerprint density at radius 2 is 1.69 bits per heavy atom. The van der Waals surface area contributed by atoms with Gasteiger partial charge < -0.3 is 10.2 Å². The Kier molecular flexibility index (Phi) is 11.3. The number of benzene rings is 1. The molecule has 1 N–H and O–H groups in total. The number of nitrogens with zero attached hydrogens (tertiary/aromatic N) is 1. The number of likely N-dealkylation sites (tertiary alicyclic amines) is 1.